The number of halogens is 1. The molecule has 0 aromatic carbocycles. The molecule has 2 aliphatic rings. The second kappa shape index (κ2) is 7.38. The molecule has 0 atom stereocenters. The molecule has 1 fully saturated rings. The minimum atomic E-state index is 0.0532. The van der Waals surface area contributed by atoms with Gasteiger partial charge in [0.2, 0.25) is 0 Å². The van der Waals surface area contributed by atoms with Crippen molar-refractivity contribution in [2.45, 2.75) is 57.5 Å². The van der Waals surface area contributed by atoms with Gasteiger partial charge < -0.3 is 4.98 Å². The Hall–Kier alpha value is -1.53. The summed E-state index contributed by atoms with van der Waals surface area (Å²) in [6.45, 7) is 2.32. The van der Waals surface area contributed by atoms with Crippen LogP contribution in [0.1, 0.15) is 60.8 Å². The number of H-pyrrole nitrogens is 1. The Morgan fingerprint density at radius 3 is 2.84 bits per heavy atom. The maximum Gasteiger partial charge on any atom is 0.255 e. The molecule has 0 spiro atoms. The SMILES string of the molecule is O=c1[nH]c(C2CCCCC2)nc2c1CN(Cc1cccc(Br)n1)CC2. The van der Waals surface area contributed by atoms with E-state index < -0.39 is 0 Å². The third-order valence-electron chi connectivity index (χ3n) is 5.32. The second-order valence-electron chi connectivity index (χ2n) is 7.12. The summed E-state index contributed by atoms with van der Waals surface area (Å²) in [7, 11) is 0. The van der Waals surface area contributed by atoms with Gasteiger partial charge in [-0.3, -0.25) is 9.69 Å². The first kappa shape index (κ1) is 16.9. The minimum absolute atomic E-state index is 0.0532. The quantitative estimate of drug-likeness (QED) is 0.797. The zero-order chi connectivity index (χ0) is 17.2. The summed E-state index contributed by atoms with van der Waals surface area (Å²) >= 11 is 3.42. The van der Waals surface area contributed by atoms with Crippen LogP contribution in [0.25, 0.3) is 0 Å². The van der Waals surface area contributed by atoms with Gasteiger partial charge in [0.25, 0.3) is 5.56 Å². The number of hydrogen-bond donors (Lipinski definition) is 1. The molecule has 25 heavy (non-hydrogen) atoms. The van der Waals surface area contributed by atoms with Crippen molar-refractivity contribution in [3.05, 3.63) is 55.9 Å². The van der Waals surface area contributed by atoms with E-state index in [1.807, 2.05) is 18.2 Å². The first-order chi connectivity index (χ1) is 12.2. The summed E-state index contributed by atoms with van der Waals surface area (Å²) < 4.78 is 0.846. The Morgan fingerprint density at radius 1 is 1.20 bits per heavy atom. The molecule has 5 nitrogen and oxygen atoms in total. The molecule has 2 aromatic rings. The fourth-order valence-electron chi connectivity index (χ4n) is 3.97. The third-order valence-corrected chi connectivity index (χ3v) is 5.76. The van der Waals surface area contributed by atoms with Crippen molar-refractivity contribution in [3.8, 4) is 0 Å². The minimum Gasteiger partial charge on any atom is -0.310 e. The maximum absolute atomic E-state index is 12.6. The lowest BCUT2D eigenvalue weighted by Gasteiger charge is -2.28. The van der Waals surface area contributed by atoms with E-state index in [2.05, 4.69) is 30.8 Å². The van der Waals surface area contributed by atoms with Gasteiger partial charge in [-0.05, 0) is 40.9 Å². The largest absolute Gasteiger partial charge is 0.310 e. The van der Waals surface area contributed by atoms with Crippen LogP contribution < -0.4 is 5.56 Å². The molecule has 1 aliphatic heterocycles. The first-order valence-corrected chi connectivity index (χ1v) is 9.94. The zero-order valence-corrected chi connectivity index (χ0v) is 15.9. The highest BCUT2D eigenvalue weighted by atomic mass is 79.9. The molecule has 0 amide bonds. The van der Waals surface area contributed by atoms with Gasteiger partial charge in [-0.15, -0.1) is 0 Å². The zero-order valence-electron chi connectivity index (χ0n) is 14.3. The Bertz CT molecular complexity index is 813. The lowest BCUT2D eigenvalue weighted by molar-refractivity contribution is 0.238. The highest BCUT2D eigenvalue weighted by Gasteiger charge is 2.24. The number of aromatic nitrogens is 3. The molecule has 0 radical (unpaired) electrons. The molecule has 0 saturated heterocycles. The second-order valence-corrected chi connectivity index (χ2v) is 7.94. The van der Waals surface area contributed by atoms with Crippen molar-refractivity contribution >= 4 is 15.9 Å². The third kappa shape index (κ3) is 3.85. The summed E-state index contributed by atoms with van der Waals surface area (Å²) in [6, 6.07) is 5.94. The van der Waals surface area contributed by atoms with Crippen molar-refractivity contribution < 1.29 is 0 Å². The summed E-state index contributed by atoms with van der Waals surface area (Å²) in [6.07, 6.45) is 6.96. The molecule has 3 heterocycles. The van der Waals surface area contributed by atoms with Crippen LogP contribution in [0.3, 0.4) is 0 Å². The lowest BCUT2D eigenvalue weighted by atomic mass is 9.88. The Morgan fingerprint density at radius 2 is 2.04 bits per heavy atom. The van der Waals surface area contributed by atoms with Crippen LogP contribution >= 0.6 is 15.9 Å². The molecular formula is C19H23BrN4O. The average molecular weight is 403 g/mol. The van der Waals surface area contributed by atoms with Gasteiger partial charge in [0.05, 0.1) is 17.0 Å². The number of hydrogen-bond acceptors (Lipinski definition) is 4. The predicted octanol–water partition coefficient (Wildman–Crippen LogP) is 3.53. The summed E-state index contributed by atoms with van der Waals surface area (Å²) in [5, 5.41) is 0. The number of rotatable bonds is 3. The highest BCUT2D eigenvalue weighted by Crippen LogP contribution is 2.30. The predicted molar refractivity (Wildman–Crippen MR) is 100 cm³/mol. The van der Waals surface area contributed by atoms with E-state index in [0.29, 0.717) is 12.5 Å². The van der Waals surface area contributed by atoms with Crippen LogP contribution in [0.4, 0.5) is 0 Å². The Labute approximate surface area is 156 Å². The van der Waals surface area contributed by atoms with Crippen molar-refractivity contribution in [1.29, 1.82) is 0 Å². The molecule has 4 rings (SSSR count). The van der Waals surface area contributed by atoms with Crippen molar-refractivity contribution in [2.75, 3.05) is 6.54 Å². The molecule has 1 aliphatic carbocycles. The molecule has 1 N–H and O–H groups in total. The van der Waals surface area contributed by atoms with E-state index in [0.717, 1.165) is 59.7 Å². The van der Waals surface area contributed by atoms with E-state index in [4.69, 9.17) is 4.98 Å². The van der Waals surface area contributed by atoms with Crippen LogP contribution in [0.2, 0.25) is 0 Å². The van der Waals surface area contributed by atoms with Gasteiger partial charge in [0, 0.05) is 32.0 Å². The van der Waals surface area contributed by atoms with Crippen LogP contribution in [-0.2, 0) is 19.5 Å². The number of fused-ring (bicyclic) bond motifs is 1. The monoisotopic (exact) mass is 402 g/mol. The number of pyridine rings is 1. The Balaban J connectivity index is 1.52. The highest BCUT2D eigenvalue weighted by molar-refractivity contribution is 9.10. The first-order valence-electron chi connectivity index (χ1n) is 9.15. The average Bonchev–Trinajstić information content (AvgIpc) is 2.63. The topological polar surface area (TPSA) is 61.9 Å². The van der Waals surface area contributed by atoms with Crippen LogP contribution in [0, 0.1) is 0 Å². The fraction of sp³-hybridized carbons (Fsp3) is 0.526. The van der Waals surface area contributed by atoms with Gasteiger partial charge in [-0.25, -0.2) is 9.97 Å². The molecular weight excluding hydrogens is 380 g/mol. The molecule has 0 unspecified atom stereocenters. The van der Waals surface area contributed by atoms with Crippen molar-refractivity contribution in [2.24, 2.45) is 0 Å². The summed E-state index contributed by atoms with van der Waals surface area (Å²) in [4.78, 5) is 27.3. The van der Waals surface area contributed by atoms with E-state index >= 15 is 0 Å². The van der Waals surface area contributed by atoms with Crippen LogP contribution in [0.15, 0.2) is 27.6 Å². The smallest absolute Gasteiger partial charge is 0.255 e. The van der Waals surface area contributed by atoms with Crippen LogP contribution in [0.5, 0.6) is 0 Å². The van der Waals surface area contributed by atoms with Crippen molar-refractivity contribution in [1.82, 2.24) is 19.9 Å². The van der Waals surface area contributed by atoms with Gasteiger partial charge in [0.15, 0.2) is 0 Å². The van der Waals surface area contributed by atoms with Gasteiger partial charge in [0.1, 0.15) is 10.4 Å². The molecule has 6 heteroatoms. The van der Waals surface area contributed by atoms with Gasteiger partial charge in [-0.2, -0.15) is 0 Å². The van der Waals surface area contributed by atoms with E-state index in [9.17, 15) is 4.79 Å². The number of nitrogens with one attached hydrogen (secondary N) is 1. The molecule has 1 saturated carbocycles. The van der Waals surface area contributed by atoms with Crippen LogP contribution in [-0.4, -0.2) is 26.4 Å². The van der Waals surface area contributed by atoms with E-state index in [1.54, 1.807) is 0 Å². The Kier molecular flexibility index (Phi) is 4.99. The molecule has 0 bridgehead atoms. The van der Waals surface area contributed by atoms with E-state index in [1.165, 1.54) is 19.3 Å². The summed E-state index contributed by atoms with van der Waals surface area (Å²) in [5.74, 6) is 1.36. The molecule has 132 valence electrons. The van der Waals surface area contributed by atoms with Gasteiger partial charge >= 0.3 is 0 Å². The van der Waals surface area contributed by atoms with Crippen molar-refractivity contribution in [3.63, 3.8) is 0 Å². The lowest BCUT2D eigenvalue weighted by Crippen LogP contribution is -2.36. The fourth-order valence-corrected chi connectivity index (χ4v) is 4.35. The normalized spacial score (nSPS) is 18.9. The standard InChI is InChI=1S/C19H23BrN4O/c20-17-8-4-7-14(21-17)11-24-10-9-16-15(12-24)19(25)23-18(22-16)13-5-2-1-3-6-13/h4,7-8,13H,1-3,5-6,9-12H2,(H,22,23,25). The maximum atomic E-state index is 12.6. The van der Waals surface area contributed by atoms with Gasteiger partial charge in [-0.1, -0.05) is 25.3 Å². The summed E-state index contributed by atoms with van der Waals surface area (Å²) in [5.41, 5.74) is 2.90. The number of aromatic amines is 1. The molecule has 2 aromatic heterocycles. The number of nitrogens with zero attached hydrogens (tertiary/aromatic N) is 3. The van der Waals surface area contributed by atoms with E-state index in [-0.39, 0.29) is 5.56 Å².